The lowest BCUT2D eigenvalue weighted by atomic mass is 9.92. The zero-order chi connectivity index (χ0) is 34.9. The Labute approximate surface area is 293 Å². The maximum Gasteiger partial charge on any atom is 0.326 e. The summed E-state index contributed by atoms with van der Waals surface area (Å²) in [4.78, 5) is 51.9. The number of amides is 2. The van der Waals surface area contributed by atoms with Crippen LogP contribution < -0.4 is 10.6 Å². The number of hydrogen-bond donors (Lipinski definition) is 1. The number of benzene rings is 2. The van der Waals surface area contributed by atoms with Gasteiger partial charge >= 0.3 is 5.69 Å². The molecule has 3 aliphatic rings. The Balaban J connectivity index is 1.15. The summed E-state index contributed by atoms with van der Waals surface area (Å²) in [5.74, 6) is -0.356. The molecule has 1 aromatic heterocycles. The van der Waals surface area contributed by atoms with Gasteiger partial charge in [0.25, 0.3) is 0 Å². The highest BCUT2D eigenvalue weighted by Gasteiger charge is 2.44. The molecule has 0 radical (unpaired) electrons. The summed E-state index contributed by atoms with van der Waals surface area (Å²) in [6.07, 6.45) is 4.12. The summed E-state index contributed by atoms with van der Waals surface area (Å²) in [5, 5.41) is -0.906. The second kappa shape index (κ2) is 14.7. The molecular formula is C38H51FN6O3S. The van der Waals surface area contributed by atoms with Crippen LogP contribution in [0.5, 0.6) is 0 Å². The Morgan fingerprint density at radius 2 is 1.65 bits per heavy atom. The summed E-state index contributed by atoms with van der Waals surface area (Å²) < 4.78 is 17.5. The van der Waals surface area contributed by atoms with Gasteiger partial charge in [0.1, 0.15) is 11.2 Å². The molecule has 0 aliphatic carbocycles. The average Bonchev–Trinajstić information content (AvgIpc) is 3.62. The maximum atomic E-state index is 15.7. The van der Waals surface area contributed by atoms with E-state index in [0.717, 1.165) is 49.4 Å². The van der Waals surface area contributed by atoms with E-state index < -0.39 is 5.25 Å². The summed E-state index contributed by atoms with van der Waals surface area (Å²) >= 11 is 1.49. The van der Waals surface area contributed by atoms with Gasteiger partial charge < -0.3 is 19.7 Å². The predicted octanol–water partition coefficient (Wildman–Crippen LogP) is 6.15. The number of nitrogens with one attached hydrogen (secondary N) is 1. The first-order valence-electron chi connectivity index (χ1n) is 17.8. The van der Waals surface area contributed by atoms with E-state index in [-0.39, 0.29) is 46.6 Å². The van der Waals surface area contributed by atoms with Crippen LogP contribution in [0.2, 0.25) is 0 Å². The molecule has 0 spiro atoms. The quantitative estimate of drug-likeness (QED) is 0.290. The smallest absolute Gasteiger partial charge is 0.326 e. The average molecular weight is 691 g/mol. The Morgan fingerprint density at radius 1 is 0.959 bits per heavy atom. The zero-order valence-electron chi connectivity index (χ0n) is 29.5. The van der Waals surface area contributed by atoms with Gasteiger partial charge in [-0.3, -0.25) is 19.1 Å². The summed E-state index contributed by atoms with van der Waals surface area (Å²) in [7, 11) is 0. The van der Waals surface area contributed by atoms with Crippen molar-refractivity contribution in [3.8, 4) is 11.3 Å². The van der Waals surface area contributed by atoms with Gasteiger partial charge in [-0.25, -0.2) is 9.18 Å². The lowest BCUT2D eigenvalue weighted by molar-refractivity contribution is -0.136. The number of piperidine rings is 1. The first-order chi connectivity index (χ1) is 23.4. The molecule has 2 atom stereocenters. The SMILES string of the molecule is CC(C)N1CCN(c2c(F)cccc2C2SC(CC(=O)N3CCC(n4cc(-c5ccccc5)[nH]c4=O)CC3)C(=O)N2CCC(C)(C)C)CC1. The van der Waals surface area contributed by atoms with E-state index in [1.165, 1.54) is 17.8 Å². The predicted molar refractivity (Wildman–Crippen MR) is 195 cm³/mol. The van der Waals surface area contributed by atoms with Crippen molar-refractivity contribution < 1.29 is 14.0 Å². The Kier molecular flexibility index (Phi) is 10.6. The number of hydrogen-bond acceptors (Lipinski definition) is 6. The third-order valence-electron chi connectivity index (χ3n) is 10.3. The summed E-state index contributed by atoms with van der Waals surface area (Å²) in [5.41, 5.74) is 3.00. The van der Waals surface area contributed by atoms with Crippen LogP contribution in [-0.2, 0) is 9.59 Å². The first kappa shape index (κ1) is 35.3. The number of halogens is 1. The molecule has 2 aromatic carbocycles. The molecule has 3 fully saturated rings. The lowest BCUT2D eigenvalue weighted by Gasteiger charge is -2.40. The molecule has 2 unspecified atom stereocenters. The second-order valence-corrected chi connectivity index (χ2v) is 16.5. The van der Waals surface area contributed by atoms with Crippen LogP contribution in [0.3, 0.4) is 0 Å². The molecule has 3 saturated heterocycles. The molecule has 49 heavy (non-hydrogen) atoms. The molecule has 0 saturated carbocycles. The van der Waals surface area contributed by atoms with Crippen LogP contribution in [0.15, 0.2) is 59.5 Å². The van der Waals surface area contributed by atoms with Crippen LogP contribution in [0.1, 0.15) is 77.3 Å². The van der Waals surface area contributed by atoms with E-state index in [1.54, 1.807) is 10.6 Å². The second-order valence-electron chi connectivity index (χ2n) is 15.2. The van der Waals surface area contributed by atoms with Crippen molar-refractivity contribution in [3.63, 3.8) is 0 Å². The molecule has 264 valence electrons. The van der Waals surface area contributed by atoms with Crippen LogP contribution in [0.4, 0.5) is 10.1 Å². The highest BCUT2D eigenvalue weighted by molar-refractivity contribution is 8.01. The van der Waals surface area contributed by atoms with Crippen molar-refractivity contribution in [1.29, 1.82) is 0 Å². The minimum atomic E-state index is -0.537. The number of carbonyl (C=O) groups excluding carboxylic acids is 2. The molecule has 11 heteroatoms. The Hall–Kier alpha value is -3.57. The number of thioether (sulfide) groups is 1. The molecule has 4 heterocycles. The molecule has 3 aliphatic heterocycles. The van der Waals surface area contributed by atoms with Crippen molar-refractivity contribution in [1.82, 2.24) is 24.3 Å². The van der Waals surface area contributed by atoms with Crippen LogP contribution in [0, 0.1) is 11.2 Å². The number of piperazine rings is 1. The highest BCUT2D eigenvalue weighted by Crippen LogP contribution is 2.48. The minimum Gasteiger partial charge on any atom is -0.366 e. The molecule has 3 aromatic rings. The standard InChI is InChI=1S/C38H51FN6O3S/c1-26(2)41-20-22-43(23-21-41)34-29(12-9-13-30(34)39)36-44(19-16-38(3,4)5)35(47)32(49-36)24-33(46)42-17-14-28(15-18-42)45-25-31(40-37(45)48)27-10-7-6-8-11-27/h6-13,25-26,28,32,36H,14-24H2,1-5H3,(H,40,48). The molecule has 0 bridgehead atoms. The van der Waals surface area contributed by atoms with Gasteiger partial charge in [0.2, 0.25) is 11.8 Å². The van der Waals surface area contributed by atoms with Gasteiger partial charge in [-0.05, 0) is 50.2 Å². The fourth-order valence-corrected chi connectivity index (χ4v) is 8.80. The van der Waals surface area contributed by atoms with Gasteiger partial charge in [-0.15, -0.1) is 11.8 Å². The van der Waals surface area contributed by atoms with Gasteiger partial charge in [0.15, 0.2) is 0 Å². The number of anilines is 1. The molecular weight excluding hydrogens is 640 g/mol. The summed E-state index contributed by atoms with van der Waals surface area (Å²) in [6, 6.07) is 15.4. The number of aromatic amines is 1. The van der Waals surface area contributed by atoms with Crippen molar-refractivity contribution in [2.24, 2.45) is 5.41 Å². The fourth-order valence-electron chi connectivity index (χ4n) is 7.30. The number of imidazole rings is 1. The van der Waals surface area contributed by atoms with Crippen LogP contribution in [-0.4, -0.2) is 93.2 Å². The van der Waals surface area contributed by atoms with Crippen molar-refractivity contribution >= 4 is 29.3 Å². The fraction of sp³-hybridized carbons (Fsp3) is 0.553. The third-order valence-corrected chi connectivity index (χ3v) is 11.7. The molecule has 2 amide bonds. The molecule has 1 N–H and O–H groups in total. The Bertz CT molecular complexity index is 1670. The van der Waals surface area contributed by atoms with Gasteiger partial charge in [0.05, 0.1) is 16.6 Å². The minimum absolute atomic E-state index is 0.00109. The van der Waals surface area contributed by atoms with Gasteiger partial charge in [-0.1, -0.05) is 63.2 Å². The number of rotatable bonds is 9. The number of likely N-dealkylation sites (tertiary alicyclic amines) is 1. The largest absolute Gasteiger partial charge is 0.366 e. The van der Waals surface area contributed by atoms with Crippen LogP contribution >= 0.6 is 11.8 Å². The highest BCUT2D eigenvalue weighted by atomic mass is 32.2. The molecule has 9 nitrogen and oxygen atoms in total. The van der Waals surface area contributed by atoms with E-state index in [1.807, 2.05) is 52.4 Å². The summed E-state index contributed by atoms with van der Waals surface area (Å²) in [6.45, 7) is 15.6. The normalized spacial score (nSPS) is 21.3. The van der Waals surface area contributed by atoms with Crippen LogP contribution in [0.25, 0.3) is 11.3 Å². The Morgan fingerprint density at radius 3 is 2.31 bits per heavy atom. The van der Waals surface area contributed by atoms with E-state index in [9.17, 15) is 14.4 Å². The van der Waals surface area contributed by atoms with Crippen molar-refractivity contribution in [2.75, 3.05) is 50.7 Å². The number of nitrogens with zero attached hydrogens (tertiary/aromatic N) is 5. The number of para-hydroxylation sites is 1. The van der Waals surface area contributed by atoms with Crippen molar-refractivity contribution in [2.45, 2.75) is 83.0 Å². The van der Waals surface area contributed by atoms with E-state index in [4.69, 9.17) is 0 Å². The number of H-pyrrole nitrogens is 1. The maximum absolute atomic E-state index is 15.7. The third kappa shape index (κ3) is 7.93. The topological polar surface area (TPSA) is 84.9 Å². The molecule has 6 rings (SSSR count). The van der Waals surface area contributed by atoms with E-state index in [0.29, 0.717) is 44.2 Å². The first-order valence-corrected chi connectivity index (χ1v) is 18.7. The van der Waals surface area contributed by atoms with Gasteiger partial charge in [-0.2, -0.15) is 0 Å². The van der Waals surface area contributed by atoms with E-state index >= 15 is 4.39 Å². The number of aromatic nitrogens is 2. The lowest BCUT2D eigenvalue weighted by Crippen LogP contribution is -2.49. The monoisotopic (exact) mass is 690 g/mol. The van der Waals surface area contributed by atoms with Gasteiger partial charge in [0, 0.05) is 76.1 Å². The zero-order valence-corrected chi connectivity index (χ0v) is 30.3. The van der Waals surface area contributed by atoms with E-state index in [2.05, 4.69) is 49.4 Å². The number of carbonyl (C=O) groups is 2. The van der Waals surface area contributed by atoms with Crippen molar-refractivity contribution in [3.05, 3.63) is 76.6 Å².